The Morgan fingerprint density at radius 1 is 1.67 bits per heavy atom. The Morgan fingerprint density at radius 2 is 2.22 bits per heavy atom. The standard InChI is InChI=1S/C4H7Br2NO2/c5-3(6)1-2-9-4(7)8/h3H,1-2H2,(H2,7,8). The number of halogens is 2. The van der Waals surface area contributed by atoms with Crippen LogP contribution in [-0.2, 0) is 4.74 Å². The van der Waals surface area contributed by atoms with Crippen LogP contribution in [-0.4, -0.2) is 16.4 Å². The highest BCUT2D eigenvalue weighted by atomic mass is 79.9. The third kappa shape index (κ3) is 8.23. The first-order chi connectivity index (χ1) is 4.13. The molecule has 0 aromatic heterocycles. The molecule has 0 spiro atoms. The third-order valence-electron chi connectivity index (χ3n) is 0.580. The van der Waals surface area contributed by atoms with Crippen LogP contribution >= 0.6 is 31.9 Å². The number of ether oxygens (including phenoxy) is 1. The SMILES string of the molecule is NC(=O)OCCC(Br)Br. The highest BCUT2D eigenvalue weighted by molar-refractivity contribution is 9.24. The van der Waals surface area contributed by atoms with Crippen LogP contribution in [0.4, 0.5) is 4.79 Å². The van der Waals surface area contributed by atoms with E-state index in [9.17, 15) is 4.79 Å². The summed E-state index contributed by atoms with van der Waals surface area (Å²) in [6, 6.07) is 0. The topological polar surface area (TPSA) is 52.3 Å². The van der Waals surface area contributed by atoms with Crippen LogP contribution in [0.3, 0.4) is 0 Å². The summed E-state index contributed by atoms with van der Waals surface area (Å²) in [7, 11) is 0. The minimum Gasteiger partial charge on any atom is -0.450 e. The number of rotatable bonds is 3. The van der Waals surface area contributed by atoms with Gasteiger partial charge in [0, 0.05) is 6.42 Å². The van der Waals surface area contributed by atoms with Gasteiger partial charge in [0.15, 0.2) is 0 Å². The van der Waals surface area contributed by atoms with Crippen LogP contribution in [0.15, 0.2) is 0 Å². The van der Waals surface area contributed by atoms with Crippen molar-refractivity contribution in [1.82, 2.24) is 0 Å². The van der Waals surface area contributed by atoms with E-state index in [2.05, 4.69) is 42.3 Å². The molecular weight excluding hydrogens is 254 g/mol. The molecule has 0 saturated carbocycles. The number of carbonyl (C=O) groups excluding carboxylic acids is 1. The number of nitrogens with two attached hydrogens (primary N) is 1. The molecular formula is C4H7Br2NO2. The fourth-order valence-corrected chi connectivity index (χ4v) is 0.622. The molecule has 54 valence electrons. The predicted molar refractivity (Wildman–Crippen MR) is 41.8 cm³/mol. The summed E-state index contributed by atoms with van der Waals surface area (Å²) in [6.45, 7) is 0.344. The predicted octanol–water partition coefficient (Wildman–Crippen LogP) is 1.59. The molecule has 3 nitrogen and oxygen atoms in total. The van der Waals surface area contributed by atoms with Crippen molar-refractivity contribution in [3.05, 3.63) is 0 Å². The van der Waals surface area contributed by atoms with Crippen LogP contribution in [0.2, 0.25) is 0 Å². The molecule has 5 heteroatoms. The van der Waals surface area contributed by atoms with E-state index in [4.69, 9.17) is 0 Å². The van der Waals surface area contributed by atoms with E-state index >= 15 is 0 Å². The van der Waals surface area contributed by atoms with Gasteiger partial charge in [-0.15, -0.1) is 0 Å². The number of hydrogen-bond donors (Lipinski definition) is 1. The Hall–Kier alpha value is 0.230. The summed E-state index contributed by atoms with van der Waals surface area (Å²) in [6.07, 6.45) is -0.0150. The van der Waals surface area contributed by atoms with Crippen LogP contribution in [0.25, 0.3) is 0 Å². The minimum absolute atomic E-state index is 0.185. The summed E-state index contributed by atoms with van der Waals surface area (Å²) in [5.41, 5.74) is 4.69. The molecule has 0 radical (unpaired) electrons. The summed E-state index contributed by atoms with van der Waals surface area (Å²) in [5.74, 6) is 0. The number of hydrogen-bond acceptors (Lipinski definition) is 2. The van der Waals surface area contributed by atoms with Crippen molar-refractivity contribution in [3.63, 3.8) is 0 Å². The van der Waals surface area contributed by atoms with Crippen molar-refractivity contribution >= 4 is 38.0 Å². The van der Waals surface area contributed by atoms with E-state index < -0.39 is 6.09 Å². The van der Waals surface area contributed by atoms with Crippen molar-refractivity contribution in [2.75, 3.05) is 6.61 Å². The molecule has 0 aliphatic heterocycles. The molecule has 0 fully saturated rings. The van der Waals surface area contributed by atoms with Gasteiger partial charge < -0.3 is 10.5 Å². The van der Waals surface area contributed by atoms with Crippen molar-refractivity contribution < 1.29 is 9.53 Å². The second-order valence-corrected chi connectivity index (χ2v) is 4.79. The zero-order valence-electron chi connectivity index (χ0n) is 4.64. The van der Waals surface area contributed by atoms with E-state index in [-0.39, 0.29) is 3.74 Å². The van der Waals surface area contributed by atoms with Gasteiger partial charge in [0.05, 0.1) is 10.3 Å². The molecule has 0 bridgehead atoms. The van der Waals surface area contributed by atoms with Crippen molar-refractivity contribution in [2.45, 2.75) is 10.2 Å². The lowest BCUT2D eigenvalue weighted by molar-refractivity contribution is 0.157. The lowest BCUT2D eigenvalue weighted by atomic mass is 10.5. The Balaban J connectivity index is 3.01. The van der Waals surface area contributed by atoms with Crippen molar-refractivity contribution in [2.24, 2.45) is 5.73 Å². The summed E-state index contributed by atoms with van der Waals surface area (Å²) in [5, 5.41) is 0. The molecule has 2 N–H and O–H groups in total. The number of amides is 1. The van der Waals surface area contributed by atoms with Crippen LogP contribution in [0.1, 0.15) is 6.42 Å². The highest BCUT2D eigenvalue weighted by Gasteiger charge is 1.98. The van der Waals surface area contributed by atoms with Gasteiger partial charge in [0.25, 0.3) is 0 Å². The smallest absolute Gasteiger partial charge is 0.404 e. The fraction of sp³-hybridized carbons (Fsp3) is 0.750. The lowest BCUT2D eigenvalue weighted by Gasteiger charge is -2.00. The van der Waals surface area contributed by atoms with Gasteiger partial charge in [-0.3, -0.25) is 0 Å². The van der Waals surface area contributed by atoms with Gasteiger partial charge >= 0.3 is 6.09 Å². The Kier molecular flexibility index (Phi) is 5.18. The first-order valence-electron chi connectivity index (χ1n) is 2.33. The van der Waals surface area contributed by atoms with Gasteiger partial charge in [0.1, 0.15) is 0 Å². The minimum atomic E-state index is -0.726. The molecule has 0 heterocycles. The van der Waals surface area contributed by atoms with Gasteiger partial charge in [-0.1, -0.05) is 31.9 Å². The molecule has 0 rings (SSSR count). The van der Waals surface area contributed by atoms with Crippen LogP contribution < -0.4 is 5.73 Å². The molecule has 0 unspecified atom stereocenters. The van der Waals surface area contributed by atoms with Gasteiger partial charge in [-0.05, 0) is 0 Å². The van der Waals surface area contributed by atoms with Gasteiger partial charge in [-0.25, -0.2) is 4.79 Å². The molecule has 0 saturated heterocycles. The summed E-state index contributed by atoms with van der Waals surface area (Å²) >= 11 is 6.42. The normalized spacial score (nSPS) is 9.67. The monoisotopic (exact) mass is 259 g/mol. The van der Waals surface area contributed by atoms with E-state index in [0.29, 0.717) is 13.0 Å². The van der Waals surface area contributed by atoms with E-state index in [1.807, 2.05) is 0 Å². The van der Waals surface area contributed by atoms with Crippen molar-refractivity contribution in [1.29, 1.82) is 0 Å². The first kappa shape index (κ1) is 9.23. The van der Waals surface area contributed by atoms with Gasteiger partial charge in [-0.2, -0.15) is 0 Å². The average molecular weight is 261 g/mol. The maximum atomic E-state index is 9.95. The van der Waals surface area contributed by atoms with Crippen LogP contribution in [0.5, 0.6) is 0 Å². The zero-order chi connectivity index (χ0) is 7.28. The Labute approximate surface area is 70.2 Å². The second-order valence-electron chi connectivity index (χ2n) is 1.35. The first-order valence-corrected chi connectivity index (χ1v) is 4.16. The number of primary amides is 1. The van der Waals surface area contributed by atoms with E-state index in [1.54, 1.807) is 0 Å². The maximum absolute atomic E-state index is 9.95. The quantitative estimate of drug-likeness (QED) is 0.784. The summed E-state index contributed by atoms with van der Waals surface area (Å²) < 4.78 is 4.62. The Morgan fingerprint density at radius 3 is 2.56 bits per heavy atom. The van der Waals surface area contributed by atoms with Crippen LogP contribution in [0, 0.1) is 0 Å². The summed E-state index contributed by atoms with van der Waals surface area (Å²) in [4.78, 5) is 9.95. The number of carbonyl (C=O) groups is 1. The molecule has 0 aromatic rings. The fourth-order valence-electron chi connectivity index (χ4n) is 0.249. The van der Waals surface area contributed by atoms with E-state index in [0.717, 1.165) is 0 Å². The highest BCUT2D eigenvalue weighted by Crippen LogP contribution is 2.11. The maximum Gasteiger partial charge on any atom is 0.404 e. The molecule has 9 heavy (non-hydrogen) atoms. The zero-order valence-corrected chi connectivity index (χ0v) is 7.81. The molecule has 0 aromatic carbocycles. The molecule has 0 aliphatic carbocycles. The molecule has 0 aliphatic rings. The lowest BCUT2D eigenvalue weighted by Crippen LogP contribution is -2.14. The van der Waals surface area contributed by atoms with Crippen molar-refractivity contribution in [3.8, 4) is 0 Å². The molecule has 1 amide bonds. The second kappa shape index (κ2) is 5.05. The average Bonchev–Trinajstić information content (AvgIpc) is 1.63. The van der Waals surface area contributed by atoms with E-state index in [1.165, 1.54) is 0 Å². The Bertz CT molecular complexity index is 96.6. The third-order valence-corrected chi connectivity index (χ3v) is 1.50. The largest absolute Gasteiger partial charge is 0.450 e. The van der Waals surface area contributed by atoms with Gasteiger partial charge in [0.2, 0.25) is 0 Å². The number of alkyl halides is 2. The molecule has 0 atom stereocenters.